The van der Waals surface area contributed by atoms with Crippen molar-refractivity contribution in [2.75, 3.05) is 32.1 Å². The molecule has 0 saturated heterocycles. The Morgan fingerprint density at radius 1 is 1.38 bits per heavy atom. The maximum Gasteiger partial charge on any atom is 0.281 e. The van der Waals surface area contributed by atoms with Crippen molar-refractivity contribution in [1.82, 2.24) is 9.97 Å². The van der Waals surface area contributed by atoms with Gasteiger partial charge in [-0.05, 0) is 24.3 Å². The van der Waals surface area contributed by atoms with Gasteiger partial charge >= 0.3 is 0 Å². The predicted molar refractivity (Wildman–Crippen MR) is 99.2 cm³/mol. The molecule has 0 fully saturated rings. The fraction of sp³-hybridized carbons (Fsp3) is 0.278. The summed E-state index contributed by atoms with van der Waals surface area (Å²) in [6.45, 7) is 2.33. The number of nitriles is 1. The molecule has 2 heterocycles. The van der Waals surface area contributed by atoms with E-state index < -0.39 is 5.56 Å². The predicted octanol–water partition coefficient (Wildman–Crippen LogP) is 1.24. The molecule has 0 spiro atoms. The van der Waals surface area contributed by atoms with Gasteiger partial charge in [-0.2, -0.15) is 5.26 Å². The monoisotopic (exact) mass is 351 g/mol. The highest BCUT2D eigenvalue weighted by molar-refractivity contribution is 5.74. The van der Waals surface area contributed by atoms with Crippen LogP contribution in [-0.4, -0.2) is 53.8 Å². The van der Waals surface area contributed by atoms with Crippen molar-refractivity contribution in [3.8, 4) is 23.1 Å². The van der Waals surface area contributed by atoms with E-state index in [2.05, 4.69) is 24.9 Å². The van der Waals surface area contributed by atoms with Gasteiger partial charge in [0.15, 0.2) is 6.21 Å². The number of nitrogens with zero attached hydrogens (tertiary/aromatic N) is 4. The lowest BCUT2D eigenvalue weighted by molar-refractivity contribution is -0.504. The number of aromatic amines is 1. The van der Waals surface area contributed by atoms with Gasteiger partial charge in [0.1, 0.15) is 23.9 Å². The Bertz CT molecular complexity index is 938. The Morgan fingerprint density at radius 2 is 2.19 bits per heavy atom. The molecule has 0 amide bonds. The first-order chi connectivity index (χ1) is 12.7. The van der Waals surface area contributed by atoms with Crippen molar-refractivity contribution in [3.05, 3.63) is 40.2 Å². The van der Waals surface area contributed by atoms with E-state index in [1.54, 1.807) is 31.4 Å². The average molecular weight is 351 g/mol. The van der Waals surface area contributed by atoms with Crippen molar-refractivity contribution in [2.45, 2.75) is 6.42 Å². The summed E-state index contributed by atoms with van der Waals surface area (Å²) < 4.78 is 7.23. The van der Waals surface area contributed by atoms with Crippen LogP contribution >= 0.6 is 0 Å². The SMILES string of the molecule is COc1ccc(-c2nc(NCCC[N+]3=CN=CC3)[nH]c(=O)c2C#N)cc1. The Balaban J connectivity index is 1.75. The average Bonchev–Trinajstić information content (AvgIpc) is 3.18. The molecular weight excluding hydrogens is 332 g/mol. The number of hydrogen-bond acceptors (Lipinski definition) is 6. The highest BCUT2D eigenvalue weighted by atomic mass is 16.5. The summed E-state index contributed by atoms with van der Waals surface area (Å²) in [5, 5.41) is 12.4. The van der Waals surface area contributed by atoms with Gasteiger partial charge in [0, 0.05) is 18.5 Å². The van der Waals surface area contributed by atoms with Gasteiger partial charge < -0.3 is 10.1 Å². The van der Waals surface area contributed by atoms with Gasteiger partial charge in [0.2, 0.25) is 5.95 Å². The second-order valence-corrected chi connectivity index (χ2v) is 5.70. The number of benzene rings is 1. The summed E-state index contributed by atoms with van der Waals surface area (Å²) >= 11 is 0. The van der Waals surface area contributed by atoms with Gasteiger partial charge in [-0.15, -0.1) is 0 Å². The minimum atomic E-state index is -0.461. The summed E-state index contributed by atoms with van der Waals surface area (Å²) in [4.78, 5) is 23.3. The highest BCUT2D eigenvalue weighted by Crippen LogP contribution is 2.22. The van der Waals surface area contributed by atoms with Crippen LogP contribution in [0.4, 0.5) is 5.95 Å². The number of methoxy groups -OCH3 is 1. The number of H-pyrrole nitrogens is 1. The Hall–Kier alpha value is -3.47. The maximum atomic E-state index is 12.2. The number of hydrogen-bond donors (Lipinski definition) is 2. The van der Waals surface area contributed by atoms with Crippen LogP contribution in [0.15, 0.2) is 34.1 Å². The van der Waals surface area contributed by atoms with Crippen LogP contribution in [0.3, 0.4) is 0 Å². The molecule has 1 aliphatic rings. The number of anilines is 1. The third-order valence-electron chi connectivity index (χ3n) is 3.96. The summed E-state index contributed by atoms with van der Waals surface area (Å²) in [5.41, 5.74) is 0.560. The maximum absolute atomic E-state index is 12.2. The molecule has 0 saturated carbocycles. The van der Waals surface area contributed by atoms with Crippen molar-refractivity contribution >= 4 is 18.5 Å². The van der Waals surface area contributed by atoms with Crippen LogP contribution in [0, 0.1) is 11.3 Å². The van der Waals surface area contributed by atoms with Crippen LogP contribution in [0.1, 0.15) is 12.0 Å². The summed E-state index contributed by atoms with van der Waals surface area (Å²) in [7, 11) is 1.58. The first-order valence-corrected chi connectivity index (χ1v) is 8.23. The van der Waals surface area contributed by atoms with E-state index in [0.717, 1.165) is 19.5 Å². The number of rotatable bonds is 7. The lowest BCUT2D eigenvalue weighted by Crippen LogP contribution is -2.20. The molecular formula is C18H19N6O2+. The van der Waals surface area contributed by atoms with Crippen LogP contribution in [-0.2, 0) is 0 Å². The van der Waals surface area contributed by atoms with E-state index in [1.165, 1.54) is 0 Å². The molecule has 3 rings (SSSR count). The zero-order valence-corrected chi connectivity index (χ0v) is 14.4. The van der Waals surface area contributed by atoms with Crippen molar-refractivity contribution < 1.29 is 9.31 Å². The topological polar surface area (TPSA) is 106 Å². The lowest BCUT2D eigenvalue weighted by Gasteiger charge is -2.09. The van der Waals surface area contributed by atoms with Crippen LogP contribution in [0.5, 0.6) is 5.75 Å². The first-order valence-electron chi connectivity index (χ1n) is 8.23. The normalized spacial score (nSPS) is 12.5. The van der Waals surface area contributed by atoms with Crippen LogP contribution in [0.2, 0.25) is 0 Å². The zero-order valence-electron chi connectivity index (χ0n) is 14.4. The van der Waals surface area contributed by atoms with Crippen molar-refractivity contribution in [3.63, 3.8) is 0 Å². The van der Waals surface area contributed by atoms with Crippen molar-refractivity contribution in [2.24, 2.45) is 4.99 Å². The molecule has 1 aromatic carbocycles. The van der Waals surface area contributed by atoms with Gasteiger partial charge in [0.25, 0.3) is 11.9 Å². The summed E-state index contributed by atoms with van der Waals surface area (Å²) in [5.74, 6) is 1.04. The Kier molecular flexibility index (Phi) is 5.39. The van der Waals surface area contributed by atoms with E-state index >= 15 is 0 Å². The fourth-order valence-corrected chi connectivity index (χ4v) is 2.60. The highest BCUT2D eigenvalue weighted by Gasteiger charge is 2.13. The van der Waals surface area contributed by atoms with E-state index in [0.29, 0.717) is 29.5 Å². The van der Waals surface area contributed by atoms with E-state index in [4.69, 9.17) is 4.74 Å². The van der Waals surface area contributed by atoms with Gasteiger partial charge in [-0.3, -0.25) is 14.4 Å². The summed E-state index contributed by atoms with van der Waals surface area (Å²) in [6.07, 6.45) is 4.53. The van der Waals surface area contributed by atoms with Gasteiger partial charge in [-0.25, -0.2) is 4.98 Å². The van der Waals surface area contributed by atoms with Gasteiger partial charge in [0.05, 0.1) is 19.3 Å². The third kappa shape index (κ3) is 3.95. The lowest BCUT2D eigenvalue weighted by atomic mass is 10.1. The molecule has 8 heteroatoms. The number of aromatic nitrogens is 2. The molecule has 132 valence electrons. The number of nitrogens with one attached hydrogen (secondary N) is 2. The van der Waals surface area contributed by atoms with E-state index in [-0.39, 0.29) is 5.56 Å². The molecule has 1 aliphatic heterocycles. The van der Waals surface area contributed by atoms with E-state index in [1.807, 2.05) is 18.6 Å². The standard InChI is InChI=1S/C18H18N6O2/c1-26-14-5-3-13(4-6-14)16-15(11-19)17(25)23-18(22-16)21-7-2-9-24-10-8-20-12-24/h3-6,8,12H,2,7,9-10H2,1H3,(H-,21,22,23,25)/p+1. The third-order valence-corrected chi connectivity index (χ3v) is 3.96. The molecule has 1 aromatic heterocycles. The van der Waals surface area contributed by atoms with Crippen LogP contribution < -0.4 is 15.6 Å². The van der Waals surface area contributed by atoms with Crippen molar-refractivity contribution in [1.29, 1.82) is 5.26 Å². The van der Waals surface area contributed by atoms with E-state index in [9.17, 15) is 10.1 Å². The smallest absolute Gasteiger partial charge is 0.281 e. The number of aliphatic imine (C=N–C) groups is 1. The molecule has 0 aliphatic carbocycles. The van der Waals surface area contributed by atoms with Gasteiger partial charge in [-0.1, -0.05) is 4.99 Å². The minimum Gasteiger partial charge on any atom is -0.497 e. The number of ether oxygens (including phenoxy) is 1. The largest absolute Gasteiger partial charge is 0.497 e. The molecule has 2 aromatic rings. The molecule has 0 radical (unpaired) electrons. The minimum absolute atomic E-state index is 0.00969. The quantitative estimate of drug-likeness (QED) is 0.577. The molecule has 8 nitrogen and oxygen atoms in total. The Labute approximate surface area is 150 Å². The summed E-state index contributed by atoms with van der Waals surface area (Å²) in [6, 6.07) is 9.01. The molecule has 0 unspecified atom stereocenters. The Morgan fingerprint density at radius 3 is 2.85 bits per heavy atom. The molecule has 2 N–H and O–H groups in total. The molecule has 0 atom stereocenters. The second-order valence-electron chi connectivity index (χ2n) is 5.70. The van der Waals surface area contributed by atoms with Crippen LogP contribution in [0.25, 0.3) is 11.3 Å². The first kappa shape index (κ1) is 17.4. The molecule has 26 heavy (non-hydrogen) atoms. The zero-order chi connectivity index (χ0) is 18.4. The second kappa shape index (κ2) is 8.07. The fourth-order valence-electron chi connectivity index (χ4n) is 2.60. The molecule has 0 bridgehead atoms.